The maximum absolute atomic E-state index is 5.69. The van der Waals surface area contributed by atoms with Gasteiger partial charge in [-0.05, 0) is 36.1 Å². The van der Waals surface area contributed by atoms with Crippen LogP contribution in [0.3, 0.4) is 0 Å². The van der Waals surface area contributed by atoms with Gasteiger partial charge in [-0.3, -0.25) is 0 Å². The minimum atomic E-state index is 0.705. The molecule has 0 unspecified atom stereocenters. The number of hydrogen-bond acceptors (Lipinski definition) is 3. The quantitative estimate of drug-likeness (QED) is 0.616. The van der Waals surface area contributed by atoms with Gasteiger partial charge in [-0.1, -0.05) is 6.07 Å². The van der Waals surface area contributed by atoms with Crippen LogP contribution >= 0.6 is 11.3 Å². The second-order valence-electron chi connectivity index (χ2n) is 3.50. The van der Waals surface area contributed by atoms with Crippen LogP contribution < -0.4 is 0 Å². The van der Waals surface area contributed by atoms with Crippen molar-refractivity contribution < 1.29 is 4.42 Å². The highest BCUT2D eigenvalue weighted by Crippen LogP contribution is 2.26. The summed E-state index contributed by atoms with van der Waals surface area (Å²) >= 11 is 1.65. The molecule has 1 aromatic carbocycles. The molecule has 0 aliphatic heterocycles. The van der Waals surface area contributed by atoms with E-state index in [9.17, 15) is 0 Å². The molecule has 0 saturated carbocycles. The van der Waals surface area contributed by atoms with Gasteiger partial charge in [0.05, 0.1) is 0 Å². The molecule has 0 amide bonds. The Kier molecular flexibility index (Phi) is 1.86. The van der Waals surface area contributed by atoms with Crippen LogP contribution in [-0.4, -0.2) is 4.98 Å². The number of oxazole rings is 1. The fraction of sp³-hybridized carbons (Fsp3) is 0.0833. The van der Waals surface area contributed by atoms with Gasteiger partial charge in [0.1, 0.15) is 5.52 Å². The molecule has 0 aliphatic rings. The van der Waals surface area contributed by atoms with Crippen LogP contribution in [0.4, 0.5) is 0 Å². The molecule has 3 rings (SSSR count). The van der Waals surface area contributed by atoms with Gasteiger partial charge in [0, 0.05) is 10.9 Å². The molecule has 0 bridgehead atoms. The fourth-order valence-electron chi connectivity index (χ4n) is 1.54. The zero-order valence-electron chi connectivity index (χ0n) is 8.23. The zero-order valence-corrected chi connectivity index (χ0v) is 9.04. The summed E-state index contributed by atoms with van der Waals surface area (Å²) in [5.41, 5.74) is 4.02. The number of thiophene rings is 1. The van der Waals surface area contributed by atoms with Crippen LogP contribution in [0.15, 0.2) is 39.4 Å². The second kappa shape index (κ2) is 3.21. The van der Waals surface area contributed by atoms with Crippen LogP contribution in [0.5, 0.6) is 0 Å². The zero-order chi connectivity index (χ0) is 10.3. The minimum Gasteiger partial charge on any atom is -0.436 e. The normalized spacial score (nSPS) is 11.0. The Bertz CT molecular complexity index is 595. The number of hydrogen-bond donors (Lipinski definition) is 0. The van der Waals surface area contributed by atoms with Gasteiger partial charge in [0.25, 0.3) is 0 Å². The average Bonchev–Trinajstić information content (AvgIpc) is 2.84. The Morgan fingerprint density at radius 1 is 1.27 bits per heavy atom. The third-order valence-electron chi connectivity index (χ3n) is 2.31. The molecule has 2 heterocycles. The highest BCUT2D eigenvalue weighted by Gasteiger charge is 2.07. The molecule has 0 saturated heterocycles. The highest BCUT2D eigenvalue weighted by atomic mass is 32.1. The van der Waals surface area contributed by atoms with Gasteiger partial charge in [-0.2, -0.15) is 11.3 Å². The Morgan fingerprint density at radius 2 is 2.20 bits per heavy atom. The molecule has 2 aromatic heterocycles. The first-order valence-electron chi connectivity index (χ1n) is 4.73. The summed E-state index contributed by atoms with van der Waals surface area (Å²) in [4.78, 5) is 4.44. The van der Waals surface area contributed by atoms with Crippen molar-refractivity contribution in [3.8, 4) is 11.5 Å². The van der Waals surface area contributed by atoms with E-state index in [1.54, 1.807) is 11.3 Å². The van der Waals surface area contributed by atoms with Crippen molar-refractivity contribution in [3.05, 3.63) is 40.6 Å². The molecular formula is C12H9NOS. The fourth-order valence-corrected chi connectivity index (χ4v) is 2.17. The van der Waals surface area contributed by atoms with E-state index in [1.807, 2.05) is 41.9 Å². The second-order valence-corrected chi connectivity index (χ2v) is 4.28. The van der Waals surface area contributed by atoms with Crippen molar-refractivity contribution in [2.24, 2.45) is 0 Å². The van der Waals surface area contributed by atoms with Crippen molar-refractivity contribution in [1.29, 1.82) is 0 Å². The predicted octanol–water partition coefficient (Wildman–Crippen LogP) is 3.86. The molecule has 74 valence electrons. The maximum atomic E-state index is 5.69. The predicted molar refractivity (Wildman–Crippen MR) is 62.1 cm³/mol. The molecule has 0 aliphatic carbocycles. The molecular weight excluding hydrogens is 206 g/mol. The molecule has 0 spiro atoms. The van der Waals surface area contributed by atoms with E-state index in [0.29, 0.717) is 5.89 Å². The van der Waals surface area contributed by atoms with Gasteiger partial charge < -0.3 is 4.42 Å². The number of rotatable bonds is 1. The smallest absolute Gasteiger partial charge is 0.228 e. The lowest BCUT2D eigenvalue weighted by molar-refractivity contribution is 0.620. The molecule has 0 fully saturated rings. The first-order valence-corrected chi connectivity index (χ1v) is 5.67. The van der Waals surface area contributed by atoms with Crippen molar-refractivity contribution in [3.63, 3.8) is 0 Å². The third kappa shape index (κ3) is 1.45. The molecule has 2 nitrogen and oxygen atoms in total. The lowest BCUT2D eigenvalue weighted by Crippen LogP contribution is -1.71. The topological polar surface area (TPSA) is 26.0 Å². The van der Waals surface area contributed by atoms with E-state index >= 15 is 0 Å². The first kappa shape index (κ1) is 8.68. The molecule has 0 N–H and O–H groups in total. The summed E-state index contributed by atoms with van der Waals surface area (Å²) in [6.45, 7) is 2.05. The molecule has 0 atom stereocenters. The van der Waals surface area contributed by atoms with Crippen LogP contribution in [0.2, 0.25) is 0 Å². The Morgan fingerprint density at radius 3 is 3.00 bits per heavy atom. The van der Waals surface area contributed by atoms with Crippen molar-refractivity contribution >= 4 is 22.4 Å². The van der Waals surface area contributed by atoms with Crippen molar-refractivity contribution in [1.82, 2.24) is 4.98 Å². The van der Waals surface area contributed by atoms with Crippen molar-refractivity contribution in [2.75, 3.05) is 0 Å². The van der Waals surface area contributed by atoms with E-state index in [0.717, 1.165) is 16.7 Å². The molecule has 3 aromatic rings. The maximum Gasteiger partial charge on any atom is 0.228 e. The standard InChI is InChI=1S/C12H9NOS/c1-8-2-3-10-11(6-8)14-12(13-10)9-4-5-15-7-9/h2-7H,1H3. The summed E-state index contributed by atoms with van der Waals surface area (Å²) in [7, 11) is 0. The lowest BCUT2D eigenvalue weighted by atomic mass is 10.2. The Balaban J connectivity index is 2.22. The number of nitrogens with zero attached hydrogens (tertiary/aromatic N) is 1. The molecule has 3 heteroatoms. The van der Waals surface area contributed by atoms with Crippen LogP contribution in [-0.2, 0) is 0 Å². The van der Waals surface area contributed by atoms with E-state index < -0.39 is 0 Å². The third-order valence-corrected chi connectivity index (χ3v) is 3.00. The Hall–Kier alpha value is -1.61. The largest absolute Gasteiger partial charge is 0.436 e. The van der Waals surface area contributed by atoms with E-state index in [-0.39, 0.29) is 0 Å². The monoisotopic (exact) mass is 215 g/mol. The van der Waals surface area contributed by atoms with Gasteiger partial charge in [-0.25, -0.2) is 4.98 Å². The first-order chi connectivity index (χ1) is 7.33. The van der Waals surface area contributed by atoms with Crippen molar-refractivity contribution in [2.45, 2.75) is 6.92 Å². The number of aromatic nitrogens is 1. The summed E-state index contributed by atoms with van der Waals surface area (Å²) in [5.74, 6) is 0.705. The van der Waals surface area contributed by atoms with Gasteiger partial charge in [-0.15, -0.1) is 0 Å². The summed E-state index contributed by atoms with van der Waals surface area (Å²) in [6.07, 6.45) is 0. The van der Waals surface area contributed by atoms with Gasteiger partial charge in [0.2, 0.25) is 5.89 Å². The van der Waals surface area contributed by atoms with Crippen LogP contribution in [0.25, 0.3) is 22.6 Å². The number of benzene rings is 1. The number of fused-ring (bicyclic) bond motifs is 1. The summed E-state index contributed by atoms with van der Waals surface area (Å²) < 4.78 is 5.69. The lowest BCUT2D eigenvalue weighted by Gasteiger charge is -1.88. The number of aryl methyl sites for hydroxylation is 1. The SMILES string of the molecule is Cc1ccc2nc(-c3ccsc3)oc2c1. The van der Waals surface area contributed by atoms with E-state index in [2.05, 4.69) is 4.98 Å². The summed E-state index contributed by atoms with van der Waals surface area (Å²) in [6, 6.07) is 8.06. The molecule has 15 heavy (non-hydrogen) atoms. The summed E-state index contributed by atoms with van der Waals surface area (Å²) in [5, 5.41) is 4.06. The Labute approximate surface area is 91.2 Å². The molecule has 0 radical (unpaired) electrons. The average molecular weight is 215 g/mol. The van der Waals surface area contributed by atoms with Gasteiger partial charge >= 0.3 is 0 Å². The highest BCUT2D eigenvalue weighted by molar-refractivity contribution is 7.08. The van der Waals surface area contributed by atoms with E-state index in [1.165, 1.54) is 5.56 Å². The van der Waals surface area contributed by atoms with Gasteiger partial charge in [0.15, 0.2) is 5.58 Å². The van der Waals surface area contributed by atoms with Crippen LogP contribution in [0, 0.1) is 6.92 Å². The van der Waals surface area contributed by atoms with Crippen LogP contribution in [0.1, 0.15) is 5.56 Å². The van der Waals surface area contributed by atoms with E-state index in [4.69, 9.17) is 4.42 Å². The minimum absolute atomic E-state index is 0.705.